The summed E-state index contributed by atoms with van der Waals surface area (Å²) in [5.41, 5.74) is 0. The summed E-state index contributed by atoms with van der Waals surface area (Å²) in [6.07, 6.45) is -9.76. The molecule has 0 heterocycles. The Morgan fingerprint density at radius 2 is 0.791 bits per heavy atom. The zero-order valence-corrected chi connectivity index (χ0v) is 24.8. The Morgan fingerprint density at radius 3 is 1.09 bits per heavy atom. The molecular weight excluding hydrogens is 743 g/mol. The number of hydrogen-bond donors (Lipinski definition) is 0. The van der Waals surface area contributed by atoms with Crippen LogP contribution >= 0.6 is 7.05 Å². The molecule has 0 atom stereocenters. The molecule has 0 aliphatic rings. The van der Waals surface area contributed by atoms with Crippen LogP contribution in [0.3, 0.4) is 0 Å². The van der Waals surface area contributed by atoms with Crippen LogP contribution in [0.1, 0.15) is 6.42 Å². The van der Waals surface area contributed by atoms with E-state index in [-0.39, 0.29) is 24.0 Å². The summed E-state index contributed by atoms with van der Waals surface area (Å²) in [5.74, 6) is -37.0. The topological polar surface area (TPSA) is 3.01 Å². The largest absolute Gasteiger partial charge is 1.00 e. The predicted octanol–water partition coefficient (Wildman–Crippen LogP) is 4.94. The second kappa shape index (κ2) is 12.6. The number of benzene rings is 3. The van der Waals surface area contributed by atoms with Crippen molar-refractivity contribution in [2.45, 2.75) is 42.2 Å². The quantitative estimate of drug-likeness (QED) is 0.157. The van der Waals surface area contributed by atoms with Crippen LogP contribution in [-0.2, 0) is 0 Å². The van der Waals surface area contributed by atoms with Crippen LogP contribution in [0, 0.1) is 0 Å². The monoisotopic (exact) mass is 765 g/mol. The molecular formula is C27H22F13INP. The molecule has 1 nitrogen and oxygen atoms in total. The van der Waals surface area contributed by atoms with Gasteiger partial charge in [0.05, 0.1) is 6.42 Å². The van der Waals surface area contributed by atoms with Crippen LogP contribution in [0.2, 0.25) is 0 Å². The van der Waals surface area contributed by atoms with E-state index < -0.39 is 55.8 Å². The van der Waals surface area contributed by atoms with Crippen LogP contribution < -0.4 is 39.9 Å². The molecule has 0 amide bonds. The maximum atomic E-state index is 14.8. The van der Waals surface area contributed by atoms with Gasteiger partial charge in [-0.05, 0) is 36.4 Å². The van der Waals surface area contributed by atoms with E-state index in [1.54, 1.807) is 91.0 Å². The van der Waals surface area contributed by atoms with Gasteiger partial charge in [-0.2, -0.15) is 57.1 Å². The summed E-state index contributed by atoms with van der Waals surface area (Å²) in [6, 6.07) is 24.1. The number of halogens is 14. The highest BCUT2D eigenvalue weighted by atomic mass is 127. The van der Waals surface area contributed by atoms with Crippen LogP contribution in [0.25, 0.3) is 0 Å². The lowest BCUT2D eigenvalue weighted by molar-refractivity contribution is -0.487. The maximum Gasteiger partial charge on any atom is 0.460 e. The van der Waals surface area contributed by atoms with Crippen molar-refractivity contribution in [2.75, 3.05) is 13.6 Å². The SMILES string of the molecule is C[N+](CCC(F)(F)C(F)(F)C(F)(F)C(F)(F)C(F)(F)C(F)(F)F)=P(c1ccccc1)(c1ccccc1)c1ccccc1.[I-]. The van der Waals surface area contributed by atoms with Crippen LogP contribution in [0.5, 0.6) is 0 Å². The van der Waals surface area contributed by atoms with Crippen molar-refractivity contribution in [1.29, 1.82) is 0 Å². The molecule has 0 aliphatic heterocycles. The molecule has 0 radical (unpaired) electrons. The highest BCUT2D eigenvalue weighted by Crippen LogP contribution is 2.60. The molecule has 0 aliphatic carbocycles. The molecule has 43 heavy (non-hydrogen) atoms. The highest BCUT2D eigenvalue weighted by Gasteiger charge is 2.90. The molecule has 0 aromatic heterocycles. The molecule has 3 aromatic carbocycles. The Labute approximate surface area is 254 Å². The zero-order chi connectivity index (χ0) is 31.8. The minimum atomic E-state index is -7.92. The molecule has 0 fully saturated rings. The first-order valence-corrected chi connectivity index (χ1v) is 13.7. The van der Waals surface area contributed by atoms with E-state index >= 15 is 0 Å². The first kappa shape index (κ1) is 36.9. The minimum Gasteiger partial charge on any atom is -1.00 e. The Morgan fingerprint density at radius 1 is 0.488 bits per heavy atom. The molecule has 0 spiro atoms. The van der Waals surface area contributed by atoms with Crippen molar-refractivity contribution in [3.63, 3.8) is 0 Å². The lowest BCUT2D eigenvalue weighted by Crippen LogP contribution is -3.00. The summed E-state index contributed by atoms with van der Waals surface area (Å²) in [5, 5.41) is 1.46. The van der Waals surface area contributed by atoms with Gasteiger partial charge in [0.2, 0.25) is 0 Å². The lowest BCUT2D eigenvalue weighted by Gasteiger charge is -2.39. The third-order valence-electron chi connectivity index (χ3n) is 6.65. The van der Waals surface area contributed by atoms with Gasteiger partial charge in [0.15, 0.2) is 7.05 Å². The van der Waals surface area contributed by atoms with Crippen molar-refractivity contribution in [3.8, 4) is 0 Å². The number of hydrogen-bond acceptors (Lipinski definition) is 0. The maximum absolute atomic E-state index is 14.8. The number of rotatable bonds is 10. The minimum absolute atomic E-state index is 0. The van der Waals surface area contributed by atoms with Gasteiger partial charge in [-0.1, -0.05) is 54.6 Å². The summed E-state index contributed by atoms with van der Waals surface area (Å²) in [4.78, 5) is 0. The van der Waals surface area contributed by atoms with E-state index in [0.29, 0.717) is 15.9 Å². The lowest BCUT2D eigenvalue weighted by atomic mass is 9.92. The first-order chi connectivity index (χ1) is 19.2. The summed E-state index contributed by atoms with van der Waals surface area (Å²) < 4.78 is 179. The summed E-state index contributed by atoms with van der Waals surface area (Å²) in [7, 11) is -2.06. The highest BCUT2D eigenvalue weighted by molar-refractivity contribution is 7.85. The number of nitrogens with zero attached hydrogens (tertiary/aromatic N) is 1. The van der Waals surface area contributed by atoms with E-state index in [0.717, 1.165) is 4.33 Å². The first-order valence-electron chi connectivity index (χ1n) is 11.9. The van der Waals surface area contributed by atoms with Gasteiger partial charge < -0.3 is 24.0 Å². The van der Waals surface area contributed by atoms with Gasteiger partial charge in [0.25, 0.3) is 0 Å². The molecule has 0 saturated heterocycles. The van der Waals surface area contributed by atoms with Crippen molar-refractivity contribution >= 4 is 23.0 Å². The standard InChI is InChI=1S/C27H22F13NP.HI/c1-41(18-17-22(28,29)23(30,31)24(32,33)25(34,35)26(36,37)27(38,39)40)42(19-11-5-2-6-12-19,20-13-7-3-8-14-20)21-15-9-4-10-16-21;/h2-16H,17-18H2,1H3;1H/q+1;/p-1. The third-order valence-corrected chi connectivity index (χ3v) is 11.0. The predicted molar refractivity (Wildman–Crippen MR) is 132 cm³/mol. The van der Waals surface area contributed by atoms with Crippen molar-refractivity contribution in [2.24, 2.45) is 0 Å². The molecule has 3 rings (SSSR count). The normalized spacial score (nSPS) is 13.8. The zero-order valence-electron chi connectivity index (χ0n) is 21.8. The molecule has 0 N–H and O–H groups in total. The van der Waals surface area contributed by atoms with Crippen molar-refractivity contribution in [1.82, 2.24) is 0 Å². The molecule has 238 valence electrons. The molecule has 0 unspecified atom stereocenters. The van der Waals surface area contributed by atoms with Crippen LogP contribution in [0.4, 0.5) is 57.1 Å². The summed E-state index contributed by atoms with van der Waals surface area (Å²) in [6.45, 7) is -1.20. The smallest absolute Gasteiger partial charge is 0.460 e. The van der Waals surface area contributed by atoms with Gasteiger partial charge in [-0.15, -0.1) is 0 Å². The fourth-order valence-electron chi connectivity index (χ4n) is 4.38. The summed E-state index contributed by atoms with van der Waals surface area (Å²) >= 11 is 0. The van der Waals surface area contributed by atoms with Gasteiger partial charge >= 0.3 is 35.8 Å². The molecule has 0 bridgehead atoms. The fourth-order valence-corrected chi connectivity index (χ4v) is 8.67. The second-order valence-corrected chi connectivity index (χ2v) is 12.8. The average Bonchev–Trinajstić information content (AvgIpc) is 2.93. The van der Waals surface area contributed by atoms with E-state index in [1.807, 2.05) is 0 Å². The molecule has 3 aromatic rings. The molecule has 16 heteroatoms. The van der Waals surface area contributed by atoms with Gasteiger partial charge in [0.1, 0.15) is 13.6 Å². The van der Waals surface area contributed by atoms with E-state index in [2.05, 4.69) is 0 Å². The third kappa shape index (κ3) is 6.04. The van der Waals surface area contributed by atoms with Gasteiger partial charge in [0, 0.05) is 15.9 Å². The van der Waals surface area contributed by atoms with Crippen LogP contribution in [0.15, 0.2) is 91.0 Å². The Hall–Kier alpha value is -2.29. The molecule has 0 saturated carbocycles. The van der Waals surface area contributed by atoms with Crippen molar-refractivity contribution < 1.29 is 85.4 Å². The number of alkyl halides is 13. The van der Waals surface area contributed by atoms with E-state index in [1.165, 1.54) is 7.05 Å². The second-order valence-electron chi connectivity index (χ2n) is 9.27. The van der Waals surface area contributed by atoms with E-state index in [9.17, 15) is 57.1 Å². The van der Waals surface area contributed by atoms with Crippen molar-refractivity contribution in [3.05, 3.63) is 91.0 Å². The van der Waals surface area contributed by atoms with Crippen LogP contribution in [-0.4, -0.2) is 53.7 Å². The Balaban J connectivity index is 0.00000645. The van der Waals surface area contributed by atoms with Gasteiger partial charge in [-0.25, -0.2) is 0 Å². The average molecular weight is 765 g/mol. The van der Waals surface area contributed by atoms with E-state index in [4.69, 9.17) is 0 Å². The Bertz CT molecular complexity index is 1310. The van der Waals surface area contributed by atoms with Gasteiger partial charge in [-0.3, -0.25) is 4.33 Å². The Kier molecular flexibility index (Phi) is 10.8. The fraction of sp³-hybridized carbons (Fsp3) is 0.333.